The molecule has 1 amide bonds. The summed E-state index contributed by atoms with van der Waals surface area (Å²) in [6.45, 7) is 2.53. The van der Waals surface area contributed by atoms with Crippen molar-refractivity contribution in [3.63, 3.8) is 0 Å². The first kappa shape index (κ1) is 23.3. The summed E-state index contributed by atoms with van der Waals surface area (Å²) in [6, 6.07) is 16.5. The Morgan fingerprint density at radius 1 is 1.19 bits per heavy atom. The third-order valence-corrected chi connectivity index (χ3v) is 5.76. The van der Waals surface area contributed by atoms with Crippen LogP contribution in [0.15, 0.2) is 66.7 Å². The van der Waals surface area contributed by atoms with E-state index in [1.165, 1.54) is 0 Å². The Kier molecular flexibility index (Phi) is 8.24. The maximum Gasteiger partial charge on any atom is 0.335 e. The van der Waals surface area contributed by atoms with Crippen molar-refractivity contribution in [2.75, 3.05) is 6.54 Å². The Morgan fingerprint density at radius 3 is 2.59 bits per heavy atom. The van der Waals surface area contributed by atoms with E-state index in [4.69, 9.17) is 5.11 Å². The number of carbonyl (C=O) groups is 2. The number of benzene rings is 2. The molecule has 1 saturated heterocycles. The van der Waals surface area contributed by atoms with E-state index < -0.39 is 12.1 Å². The maximum absolute atomic E-state index is 12.3. The molecule has 0 spiro atoms. The second-order valence-corrected chi connectivity index (χ2v) is 8.17. The number of aliphatic hydroxyl groups is 1. The highest BCUT2D eigenvalue weighted by atomic mass is 16.4. The lowest BCUT2D eigenvalue weighted by Crippen LogP contribution is -2.34. The number of hydrogen-bond acceptors (Lipinski definition) is 3. The first-order valence-electron chi connectivity index (χ1n) is 11.0. The number of aromatic carboxylic acids is 1. The van der Waals surface area contributed by atoms with E-state index in [0.29, 0.717) is 25.8 Å². The molecule has 0 aliphatic carbocycles. The Bertz CT molecular complexity index is 1000. The minimum Gasteiger partial charge on any atom is -0.478 e. The molecule has 0 radical (unpaired) electrons. The van der Waals surface area contributed by atoms with Crippen LogP contribution in [-0.4, -0.2) is 45.7 Å². The Hall–Kier alpha value is -3.36. The zero-order chi connectivity index (χ0) is 22.9. The molecule has 2 aromatic carbocycles. The Labute approximate surface area is 189 Å². The zero-order valence-electron chi connectivity index (χ0n) is 18.3. The minimum atomic E-state index is -0.949. The summed E-state index contributed by atoms with van der Waals surface area (Å²) in [4.78, 5) is 25.2. The SMILES string of the molecule is CC(CC#Cc1ccccc1)[C@H](O)/C=C/[C@H]1CCC(=O)N1CCc1ccc(C(=O)O)cc1. The summed E-state index contributed by atoms with van der Waals surface area (Å²) in [7, 11) is 0. The molecule has 5 nitrogen and oxygen atoms in total. The highest BCUT2D eigenvalue weighted by molar-refractivity contribution is 5.87. The van der Waals surface area contributed by atoms with Crippen molar-refractivity contribution in [2.24, 2.45) is 5.92 Å². The molecule has 2 N–H and O–H groups in total. The molecule has 2 aromatic rings. The maximum atomic E-state index is 12.3. The average Bonchev–Trinajstić information content (AvgIpc) is 3.16. The van der Waals surface area contributed by atoms with Crippen LogP contribution in [0.2, 0.25) is 0 Å². The summed E-state index contributed by atoms with van der Waals surface area (Å²) >= 11 is 0. The van der Waals surface area contributed by atoms with E-state index >= 15 is 0 Å². The van der Waals surface area contributed by atoms with Crippen LogP contribution in [0.1, 0.15) is 47.7 Å². The third-order valence-electron chi connectivity index (χ3n) is 5.76. The van der Waals surface area contributed by atoms with Crippen LogP contribution >= 0.6 is 0 Å². The lowest BCUT2D eigenvalue weighted by atomic mass is 9.99. The minimum absolute atomic E-state index is 0.0132. The average molecular weight is 432 g/mol. The number of aliphatic hydroxyl groups excluding tert-OH is 1. The van der Waals surface area contributed by atoms with Gasteiger partial charge in [0.25, 0.3) is 0 Å². The normalized spacial score (nSPS) is 17.8. The molecule has 5 heteroatoms. The number of amides is 1. The zero-order valence-corrected chi connectivity index (χ0v) is 18.3. The molecule has 3 atom stereocenters. The fourth-order valence-electron chi connectivity index (χ4n) is 3.70. The van der Waals surface area contributed by atoms with E-state index in [0.717, 1.165) is 17.5 Å². The number of carboxylic acid groups (broad SMARTS) is 1. The van der Waals surface area contributed by atoms with Crippen LogP contribution in [0.3, 0.4) is 0 Å². The van der Waals surface area contributed by atoms with Gasteiger partial charge in [0.1, 0.15) is 0 Å². The number of carbonyl (C=O) groups excluding carboxylic acids is 1. The molecular weight excluding hydrogens is 402 g/mol. The first-order valence-corrected chi connectivity index (χ1v) is 11.0. The summed E-state index contributed by atoms with van der Waals surface area (Å²) in [5.41, 5.74) is 2.20. The molecule has 166 valence electrons. The van der Waals surface area contributed by atoms with Gasteiger partial charge in [-0.1, -0.05) is 61.2 Å². The number of carboxylic acids is 1. The molecule has 0 bridgehead atoms. The summed E-state index contributed by atoms with van der Waals surface area (Å²) in [6.07, 6.45) is 5.57. The smallest absolute Gasteiger partial charge is 0.335 e. The lowest BCUT2D eigenvalue weighted by Gasteiger charge is -2.23. The predicted molar refractivity (Wildman–Crippen MR) is 124 cm³/mol. The predicted octanol–water partition coefficient (Wildman–Crippen LogP) is 3.91. The second kappa shape index (κ2) is 11.3. The number of rotatable bonds is 8. The van der Waals surface area contributed by atoms with Crippen molar-refractivity contribution in [3.8, 4) is 11.8 Å². The number of nitrogens with zero attached hydrogens (tertiary/aromatic N) is 1. The molecule has 0 aromatic heterocycles. The second-order valence-electron chi connectivity index (χ2n) is 8.17. The molecule has 32 heavy (non-hydrogen) atoms. The van der Waals surface area contributed by atoms with Gasteiger partial charge in [0.05, 0.1) is 17.7 Å². The molecule has 1 aliphatic rings. The van der Waals surface area contributed by atoms with Gasteiger partial charge >= 0.3 is 5.97 Å². The molecule has 1 heterocycles. The van der Waals surface area contributed by atoms with E-state index in [9.17, 15) is 14.7 Å². The fraction of sp³-hybridized carbons (Fsp3) is 0.333. The van der Waals surface area contributed by atoms with Crippen LogP contribution in [0.25, 0.3) is 0 Å². The summed E-state index contributed by atoms with van der Waals surface area (Å²) < 4.78 is 0. The van der Waals surface area contributed by atoms with Crippen LogP contribution in [0.5, 0.6) is 0 Å². The van der Waals surface area contributed by atoms with Crippen LogP contribution in [-0.2, 0) is 11.2 Å². The van der Waals surface area contributed by atoms with Crippen molar-refractivity contribution < 1.29 is 19.8 Å². The van der Waals surface area contributed by atoms with Crippen molar-refractivity contribution in [2.45, 2.75) is 44.8 Å². The monoisotopic (exact) mass is 431 g/mol. The van der Waals surface area contributed by atoms with Crippen LogP contribution in [0.4, 0.5) is 0 Å². The van der Waals surface area contributed by atoms with E-state index in [1.54, 1.807) is 30.3 Å². The number of hydrogen-bond donors (Lipinski definition) is 2. The largest absolute Gasteiger partial charge is 0.478 e. The highest BCUT2D eigenvalue weighted by Crippen LogP contribution is 2.21. The van der Waals surface area contributed by atoms with Crippen LogP contribution < -0.4 is 0 Å². The number of likely N-dealkylation sites (tertiary alicyclic amines) is 1. The van der Waals surface area contributed by atoms with Crippen molar-refractivity contribution in [1.82, 2.24) is 4.90 Å². The van der Waals surface area contributed by atoms with Crippen molar-refractivity contribution >= 4 is 11.9 Å². The van der Waals surface area contributed by atoms with Gasteiger partial charge in [-0.2, -0.15) is 0 Å². The van der Waals surface area contributed by atoms with Crippen molar-refractivity contribution in [1.29, 1.82) is 0 Å². The summed E-state index contributed by atoms with van der Waals surface area (Å²) in [5, 5.41) is 19.5. The van der Waals surface area contributed by atoms with Gasteiger partial charge in [-0.15, -0.1) is 0 Å². The van der Waals surface area contributed by atoms with Gasteiger partial charge in [0, 0.05) is 24.9 Å². The van der Waals surface area contributed by atoms with Gasteiger partial charge in [0.15, 0.2) is 0 Å². The Balaban J connectivity index is 1.52. The third kappa shape index (κ3) is 6.57. The molecule has 0 saturated carbocycles. The van der Waals surface area contributed by atoms with E-state index in [2.05, 4.69) is 11.8 Å². The highest BCUT2D eigenvalue weighted by Gasteiger charge is 2.28. The van der Waals surface area contributed by atoms with Gasteiger partial charge in [-0.3, -0.25) is 4.79 Å². The van der Waals surface area contributed by atoms with E-state index in [-0.39, 0.29) is 23.4 Å². The van der Waals surface area contributed by atoms with E-state index in [1.807, 2.05) is 48.2 Å². The topological polar surface area (TPSA) is 77.8 Å². The van der Waals surface area contributed by atoms with Gasteiger partial charge in [-0.25, -0.2) is 4.79 Å². The quantitative estimate of drug-likeness (QED) is 0.491. The van der Waals surface area contributed by atoms with Gasteiger partial charge < -0.3 is 15.1 Å². The molecular formula is C27H29NO4. The standard InChI is InChI=1S/C27H29NO4/c1-20(6-5-9-21-7-3-2-4-8-21)25(29)16-14-24-15-17-26(30)28(24)19-18-22-10-12-23(13-11-22)27(31)32/h2-4,7-8,10-14,16,20,24-25,29H,6,15,17-19H2,1H3,(H,31,32)/b16-14+/t20?,24-,25+/m0/s1. The molecule has 3 rings (SSSR count). The molecule has 1 fully saturated rings. The van der Waals surface area contributed by atoms with Gasteiger partial charge in [0.2, 0.25) is 5.91 Å². The lowest BCUT2D eigenvalue weighted by molar-refractivity contribution is -0.128. The molecule has 1 aliphatic heterocycles. The van der Waals surface area contributed by atoms with Gasteiger partial charge in [-0.05, 0) is 48.6 Å². The van der Waals surface area contributed by atoms with Crippen molar-refractivity contribution in [3.05, 3.63) is 83.4 Å². The molecule has 1 unspecified atom stereocenters. The first-order chi connectivity index (χ1) is 15.4. The van der Waals surface area contributed by atoms with Crippen LogP contribution in [0, 0.1) is 17.8 Å². The summed E-state index contributed by atoms with van der Waals surface area (Å²) in [5.74, 6) is 5.39. The fourth-order valence-corrected chi connectivity index (χ4v) is 3.70. The Morgan fingerprint density at radius 2 is 1.91 bits per heavy atom.